The van der Waals surface area contributed by atoms with E-state index in [0.29, 0.717) is 0 Å². The topological polar surface area (TPSA) is 0 Å². The van der Waals surface area contributed by atoms with Gasteiger partial charge in [-0.25, -0.2) is 0 Å². The summed E-state index contributed by atoms with van der Waals surface area (Å²) in [6.07, 6.45) is 0. The van der Waals surface area contributed by atoms with Gasteiger partial charge in [0.1, 0.15) is 0 Å². The summed E-state index contributed by atoms with van der Waals surface area (Å²) < 4.78 is 0. The van der Waals surface area contributed by atoms with Gasteiger partial charge in [-0.05, 0) is 0 Å². The molecule has 0 saturated carbocycles. The van der Waals surface area contributed by atoms with Gasteiger partial charge in [-0.2, -0.15) is 0 Å². The maximum atomic E-state index is 0. The Morgan fingerprint density at radius 1 is 1.25 bits per heavy atom. The Balaban J connectivity index is 0. The van der Waals surface area contributed by atoms with Crippen LogP contribution in [-0.2, 0) is 53.6 Å². The van der Waals surface area contributed by atoms with Crippen molar-refractivity contribution < 1.29 is 56.5 Å². The molecule has 0 N–H and O–H groups in total. The summed E-state index contributed by atoms with van der Waals surface area (Å²) >= 11 is 0. The van der Waals surface area contributed by atoms with Crippen LogP contribution in [0.3, 0.4) is 0 Å². The Hall–Kier alpha value is 1.83. The molecule has 0 fully saturated rings. The van der Waals surface area contributed by atoms with E-state index in [2.05, 4.69) is 0 Å². The molecule has 0 amide bonds. The zero-order valence-electron chi connectivity index (χ0n) is 4.09. The molecule has 0 unspecified atom stereocenters. The van der Waals surface area contributed by atoms with Crippen molar-refractivity contribution in [3.63, 3.8) is 0 Å². The van der Waals surface area contributed by atoms with E-state index >= 15 is 0 Å². The standard InChI is InChI=1S/Be.Cu.Mn.Zn.2H/q+2;;;;2*-1. The van der Waals surface area contributed by atoms with E-state index in [9.17, 15) is 0 Å². The molecule has 0 nitrogen and oxygen atoms in total. The van der Waals surface area contributed by atoms with Gasteiger partial charge >= 0.3 is 10.1 Å². The SMILES string of the molecule is [Be+2].[Cu].[H-].[H-].[Mn].[Zn]. The number of hydrogen-bond donors (Lipinski definition) is 0. The van der Waals surface area contributed by atoms with Crippen molar-refractivity contribution in [2.45, 2.75) is 0 Å². The molecule has 0 aliphatic heterocycles. The van der Waals surface area contributed by atoms with Crippen molar-refractivity contribution in [2.75, 3.05) is 0 Å². The first-order valence-corrected chi connectivity index (χ1v) is 0. The quantitative estimate of drug-likeness (QED) is 0.471. The van der Waals surface area contributed by atoms with Crippen LogP contribution in [-0.4, -0.2) is 10.1 Å². The first-order valence-electron chi connectivity index (χ1n) is 0. The summed E-state index contributed by atoms with van der Waals surface area (Å²) in [4.78, 5) is 0. The molecule has 0 aliphatic carbocycles. The molecule has 0 heterocycles. The Kier molecular flexibility index (Phi) is 215. The second-order valence-corrected chi connectivity index (χ2v) is 0. The van der Waals surface area contributed by atoms with E-state index in [4.69, 9.17) is 0 Å². The van der Waals surface area contributed by atoms with Gasteiger partial charge in [0.25, 0.3) is 0 Å². The van der Waals surface area contributed by atoms with Crippen LogP contribution < -0.4 is 0 Å². The van der Waals surface area contributed by atoms with E-state index < -0.39 is 0 Å². The molecule has 2 radical (unpaired) electrons. The second kappa shape index (κ2) is 21.1. The molecule has 0 bridgehead atoms. The van der Waals surface area contributed by atoms with Gasteiger partial charge < -0.3 is 2.85 Å². The van der Waals surface area contributed by atoms with E-state index in [0.717, 1.165) is 0 Å². The van der Waals surface area contributed by atoms with E-state index in [1.807, 2.05) is 0 Å². The zero-order valence-corrected chi connectivity index (χ0v) is 7.18. The minimum absolute atomic E-state index is 0. The summed E-state index contributed by atoms with van der Waals surface area (Å²) in [5, 5.41) is 0. The molecule has 0 rings (SSSR count). The monoisotopic (exact) mass is 193 g/mol. The van der Waals surface area contributed by atoms with Gasteiger partial charge in [0.15, 0.2) is 0 Å². The Bertz CT molecular complexity index is 13.5. The Morgan fingerprint density at radius 3 is 1.25 bits per heavy atom. The van der Waals surface area contributed by atoms with E-state index in [-0.39, 0.29) is 66.6 Å². The van der Waals surface area contributed by atoms with Gasteiger partial charge in [-0.15, -0.1) is 0 Å². The minimum atomic E-state index is 0. The summed E-state index contributed by atoms with van der Waals surface area (Å²) in [5.74, 6) is 0. The van der Waals surface area contributed by atoms with Crippen LogP contribution in [0.1, 0.15) is 2.85 Å². The smallest absolute Gasteiger partial charge is 1.00 e. The van der Waals surface area contributed by atoms with E-state index in [1.165, 1.54) is 0 Å². The molecule has 0 aliphatic rings. The minimum Gasteiger partial charge on any atom is -1.00 e. The predicted octanol–water partition coefficient (Wildman–Crippen LogP) is -0.163. The molecular formula is H2BeCuMnZn. The van der Waals surface area contributed by atoms with Crippen LogP contribution in [0.25, 0.3) is 0 Å². The van der Waals surface area contributed by atoms with Crippen molar-refractivity contribution in [3.8, 4) is 0 Å². The number of hydrogen-bond acceptors (Lipinski definition) is 0. The van der Waals surface area contributed by atoms with Crippen LogP contribution in [0.15, 0.2) is 0 Å². The Morgan fingerprint density at radius 2 is 1.25 bits per heavy atom. The van der Waals surface area contributed by atoms with Gasteiger partial charge in [-0.1, -0.05) is 0 Å². The predicted molar refractivity (Wildman–Crippen MR) is 7.98 cm³/mol. The van der Waals surface area contributed by atoms with Crippen LogP contribution in [0.4, 0.5) is 0 Å². The zero-order chi connectivity index (χ0) is 0. The maximum Gasteiger partial charge on any atom is 2.00 e. The summed E-state index contributed by atoms with van der Waals surface area (Å²) in [6, 6.07) is 0. The molecule has 0 saturated heterocycles. The molecule has 4 heteroatoms. The van der Waals surface area contributed by atoms with Gasteiger partial charge in [0, 0.05) is 53.6 Å². The van der Waals surface area contributed by atoms with Crippen LogP contribution in [0.5, 0.6) is 0 Å². The van der Waals surface area contributed by atoms with Crippen LogP contribution >= 0.6 is 0 Å². The molecule has 0 aromatic carbocycles. The maximum absolute atomic E-state index is 0. The van der Waals surface area contributed by atoms with Crippen LogP contribution in [0.2, 0.25) is 0 Å². The summed E-state index contributed by atoms with van der Waals surface area (Å²) in [5.41, 5.74) is 0. The summed E-state index contributed by atoms with van der Waals surface area (Å²) in [6.45, 7) is 0. The Labute approximate surface area is 66.4 Å². The van der Waals surface area contributed by atoms with Crippen LogP contribution in [0, 0.1) is 0 Å². The molecule has 0 aromatic heterocycles. The molecule has 0 atom stereocenters. The van der Waals surface area contributed by atoms with Gasteiger partial charge in [0.2, 0.25) is 0 Å². The third-order valence-corrected chi connectivity index (χ3v) is 0. The molecule has 0 spiro atoms. The first-order chi connectivity index (χ1) is 0. The van der Waals surface area contributed by atoms with E-state index in [1.54, 1.807) is 0 Å². The fourth-order valence-corrected chi connectivity index (χ4v) is 0. The molecular weight excluding hydrogens is 193 g/mol. The molecule has 4 heavy (non-hydrogen) atoms. The third kappa shape index (κ3) is 9.16. The number of rotatable bonds is 0. The average molecular weight is 195 g/mol. The first kappa shape index (κ1) is 40.6. The second-order valence-electron chi connectivity index (χ2n) is 0. The van der Waals surface area contributed by atoms with Crippen molar-refractivity contribution in [2.24, 2.45) is 0 Å². The summed E-state index contributed by atoms with van der Waals surface area (Å²) in [7, 11) is 0. The largest absolute Gasteiger partial charge is 2.00 e. The van der Waals surface area contributed by atoms with Crippen molar-refractivity contribution in [3.05, 3.63) is 0 Å². The normalized spacial score (nSPS) is 0. The van der Waals surface area contributed by atoms with Crippen molar-refractivity contribution in [1.82, 2.24) is 0 Å². The van der Waals surface area contributed by atoms with Gasteiger partial charge in [0.05, 0.1) is 0 Å². The third-order valence-electron chi connectivity index (χ3n) is 0. The fourth-order valence-electron chi connectivity index (χ4n) is 0. The fraction of sp³-hybridized carbons (Fsp3) is 0. The van der Waals surface area contributed by atoms with Gasteiger partial charge in [-0.3, -0.25) is 0 Å². The van der Waals surface area contributed by atoms with Crippen molar-refractivity contribution >= 4 is 10.1 Å². The molecule has 24 valence electrons. The molecule has 0 aromatic rings. The van der Waals surface area contributed by atoms with Crippen molar-refractivity contribution in [1.29, 1.82) is 0 Å². The average Bonchev–Trinajstić information content (AvgIpc) is 0.